The van der Waals surface area contributed by atoms with Crippen molar-refractivity contribution in [3.63, 3.8) is 0 Å². The fourth-order valence-electron chi connectivity index (χ4n) is 1.20. The minimum absolute atomic E-state index is 0.125. The second kappa shape index (κ2) is 6.78. The van der Waals surface area contributed by atoms with Crippen LogP contribution in [-0.4, -0.2) is 37.9 Å². The molecule has 0 saturated carbocycles. The van der Waals surface area contributed by atoms with Crippen LogP contribution >= 0.6 is 23.1 Å². The molecule has 1 amide bonds. The molecule has 0 atom stereocenters. The zero-order chi connectivity index (χ0) is 15.2. The van der Waals surface area contributed by atoms with Crippen LogP contribution in [0.2, 0.25) is 0 Å². The molecular weight excluding hydrogens is 314 g/mol. The fourth-order valence-corrected chi connectivity index (χ4v) is 2.66. The standard InChI is InChI=1S/C11H7N5O3S2/c12-3-6-1-2-7(13-4-6)9(19)14-10-15-16-11(21-10)20-5-8(17)18/h1-2,4H,5H2,(H,17,18)(H,14,15,19). The Morgan fingerprint density at radius 3 is 2.86 bits per heavy atom. The number of nitrogens with one attached hydrogen (secondary N) is 1. The Kier molecular flexibility index (Phi) is 4.81. The molecule has 0 aliphatic carbocycles. The summed E-state index contributed by atoms with van der Waals surface area (Å²) in [5.74, 6) is -1.56. The van der Waals surface area contributed by atoms with Crippen LogP contribution in [0.15, 0.2) is 22.7 Å². The van der Waals surface area contributed by atoms with Gasteiger partial charge >= 0.3 is 5.97 Å². The van der Waals surface area contributed by atoms with E-state index in [1.54, 1.807) is 0 Å². The van der Waals surface area contributed by atoms with Crippen LogP contribution in [0.5, 0.6) is 0 Å². The van der Waals surface area contributed by atoms with Crippen molar-refractivity contribution in [1.29, 1.82) is 5.26 Å². The number of carboxylic acid groups (broad SMARTS) is 1. The lowest BCUT2D eigenvalue weighted by Crippen LogP contribution is -2.13. The molecule has 0 aliphatic heterocycles. The summed E-state index contributed by atoms with van der Waals surface area (Å²) in [5, 5.41) is 27.4. The van der Waals surface area contributed by atoms with Gasteiger partial charge in [-0.05, 0) is 12.1 Å². The maximum atomic E-state index is 11.9. The van der Waals surface area contributed by atoms with Crippen molar-refractivity contribution >= 4 is 40.1 Å². The number of aromatic nitrogens is 3. The largest absolute Gasteiger partial charge is 0.481 e. The average Bonchev–Trinajstić information content (AvgIpc) is 2.92. The molecule has 0 radical (unpaired) electrons. The molecule has 0 aromatic carbocycles. The van der Waals surface area contributed by atoms with Gasteiger partial charge in [0, 0.05) is 6.20 Å². The Balaban J connectivity index is 1.99. The molecule has 0 bridgehead atoms. The summed E-state index contributed by atoms with van der Waals surface area (Å²) in [6.07, 6.45) is 1.29. The maximum Gasteiger partial charge on any atom is 0.313 e. The number of hydrogen-bond donors (Lipinski definition) is 2. The Labute approximate surface area is 126 Å². The number of rotatable bonds is 5. The first-order valence-electron chi connectivity index (χ1n) is 5.44. The van der Waals surface area contributed by atoms with Crippen molar-refractivity contribution in [3.05, 3.63) is 29.6 Å². The van der Waals surface area contributed by atoms with E-state index in [4.69, 9.17) is 10.4 Å². The number of carboxylic acids is 1. The lowest BCUT2D eigenvalue weighted by molar-refractivity contribution is -0.133. The van der Waals surface area contributed by atoms with E-state index in [-0.39, 0.29) is 16.6 Å². The quantitative estimate of drug-likeness (QED) is 0.621. The van der Waals surface area contributed by atoms with E-state index in [0.717, 1.165) is 23.1 Å². The number of anilines is 1. The molecule has 21 heavy (non-hydrogen) atoms. The molecule has 2 heterocycles. The predicted octanol–water partition coefficient (Wildman–Crippen LogP) is 1.23. The van der Waals surface area contributed by atoms with Crippen LogP contribution in [-0.2, 0) is 4.79 Å². The van der Waals surface area contributed by atoms with Gasteiger partial charge in [-0.25, -0.2) is 4.98 Å². The summed E-state index contributed by atoms with van der Waals surface area (Å²) in [7, 11) is 0. The zero-order valence-corrected chi connectivity index (χ0v) is 11.9. The Morgan fingerprint density at radius 1 is 1.43 bits per heavy atom. The third kappa shape index (κ3) is 4.23. The third-order valence-electron chi connectivity index (χ3n) is 2.07. The number of nitriles is 1. The van der Waals surface area contributed by atoms with E-state index < -0.39 is 11.9 Å². The van der Waals surface area contributed by atoms with E-state index in [1.807, 2.05) is 6.07 Å². The van der Waals surface area contributed by atoms with E-state index in [0.29, 0.717) is 9.90 Å². The van der Waals surface area contributed by atoms with E-state index in [1.165, 1.54) is 18.3 Å². The molecule has 2 aromatic rings. The number of nitrogens with zero attached hydrogens (tertiary/aromatic N) is 4. The van der Waals surface area contributed by atoms with Crippen molar-refractivity contribution in [3.8, 4) is 6.07 Å². The Bertz CT molecular complexity index is 707. The van der Waals surface area contributed by atoms with Gasteiger partial charge in [0.1, 0.15) is 11.8 Å². The molecule has 8 nitrogen and oxygen atoms in total. The molecule has 0 unspecified atom stereocenters. The van der Waals surface area contributed by atoms with Gasteiger partial charge in [-0.15, -0.1) is 10.2 Å². The highest BCUT2D eigenvalue weighted by molar-refractivity contribution is 8.01. The van der Waals surface area contributed by atoms with Gasteiger partial charge in [0.05, 0.1) is 11.3 Å². The molecule has 106 valence electrons. The second-order valence-electron chi connectivity index (χ2n) is 3.55. The number of amides is 1. The first-order chi connectivity index (χ1) is 10.1. The number of thioether (sulfide) groups is 1. The SMILES string of the molecule is N#Cc1ccc(C(=O)Nc2nnc(SCC(=O)O)s2)nc1. The van der Waals surface area contributed by atoms with E-state index in [2.05, 4.69) is 20.5 Å². The molecule has 0 aliphatic rings. The summed E-state index contributed by atoms with van der Waals surface area (Å²) in [6.45, 7) is 0. The van der Waals surface area contributed by atoms with Gasteiger partial charge in [-0.1, -0.05) is 23.1 Å². The molecular formula is C11H7N5O3S2. The van der Waals surface area contributed by atoms with Gasteiger partial charge in [0.25, 0.3) is 5.91 Å². The molecule has 0 saturated heterocycles. The maximum absolute atomic E-state index is 11.9. The first-order valence-corrected chi connectivity index (χ1v) is 7.24. The van der Waals surface area contributed by atoms with Gasteiger partial charge in [-0.3, -0.25) is 14.9 Å². The topological polar surface area (TPSA) is 129 Å². The highest BCUT2D eigenvalue weighted by Crippen LogP contribution is 2.25. The van der Waals surface area contributed by atoms with Gasteiger partial charge < -0.3 is 5.11 Å². The number of aliphatic carboxylic acids is 1. The van der Waals surface area contributed by atoms with E-state index >= 15 is 0 Å². The second-order valence-corrected chi connectivity index (χ2v) is 5.75. The minimum Gasteiger partial charge on any atom is -0.481 e. The van der Waals surface area contributed by atoms with Crippen LogP contribution < -0.4 is 5.32 Å². The fraction of sp³-hybridized carbons (Fsp3) is 0.0909. The number of pyridine rings is 1. The number of carbonyl (C=O) groups is 2. The van der Waals surface area contributed by atoms with Crippen molar-refractivity contribution in [2.24, 2.45) is 0 Å². The molecule has 0 spiro atoms. The highest BCUT2D eigenvalue weighted by atomic mass is 32.2. The van der Waals surface area contributed by atoms with Gasteiger partial charge in [0.2, 0.25) is 5.13 Å². The van der Waals surface area contributed by atoms with Crippen molar-refractivity contribution in [1.82, 2.24) is 15.2 Å². The first kappa shape index (κ1) is 14.9. The summed E-state index contributed by atoms with van der Waals surface area (Å²) in [5.41, 5.74) is 0.499. The smallest absolute Gasteiger partial charge is 0.313 e. The lowest BCUT2D eigenvalue weighted by Gasteiger charge is -1.99. The lowest BCUT2D eigenvalue weighted by atomic mass is 10.2. The average molecular weight is 321 g/mol. The van der Waals surface area contributed by atoms with Crippen molar-refractivity contribution in [2.45, 2.75) is 4.34 Å². The van der Waals surface area contributed by atoms with Crippen LogP contribution in [0.3, 0.4) is 0 Å². The monoisotopic (exact) mass is 321 g/mol. The van der Waals surface area contributed by atoms with E-state index in [9.17, 15) is 9.59 Å². The van der Waals surface area contributed by atoms with Crippen LogP contribution in [0, 0.1) is 11.3 Å². The van der Waals surface area contributed by atoms with Crippen LogP contribution in [0.25, 0.3) is 0 Å². The molecule has 2 rings (SSSR count). The predicted molar refractivity (Wildman–Crippen MR) is 75.2 cm³/mol. The van der Waals surface area contributed by atoms with Crippen LogP contribution in [0.1, 0.15) is 16.1 Å². The van der Waals surface area contributed by atoms with Crippen molar-refractivity contribution in [2.75, 3.05) is 11.1 Å². The Morgan fingerprint density at radius 2 is 2.24 bits per heavy atom. The summed E-state index contributed by atoms with van der Waals surface area (Å²) < 4.78 is 0.445. The van der Waals surface area contributed by atoms with Gasteiger partial charge in [0.15, 0.2) is 4.34 Å². The molecule has 0 fully saturated rings. The number of carbonyl (C=O) groups excluding carboxylic acids is 1. The van der Waals surface area contributed by atoms with Gasteiger partial charge in [-0.2, -0.15) is 5.26 Å². The third-order valence-corrected chi connectivity index (χ3v) is 4.03. The molecule has 10 heteroatoms. The summed E-state index contributed by atoms with van der Waals surface area (Å²) in [6, 6.07) is 4.81. The Hall–Kier alpha value is -2.51. The molecule has 2 aromatic heterocycles. The summed E-state index contributed by atoms with van der Waals surface area (Å²) in [4.78, 5) is 26.2. The van der Waals surface area contributed by atoms with Crippen molar-refractivity contribution < 1.29 is 14.7 Å². The summed E-state index contributed by atoms with van der Waals surface area (Å²) >= 11 is 2.09. The minimum atomic E-state index is -0.956. The zero-order valence-electron chi connectivity index (χ0n) is 10.3. The number of hydrogen-bond acceptors (Lipinski definition) is 8. The highest BCUT2D eigenvalue weighted by Gasteiger charge is 2.12. The molecule has 2 N–H and O–H groups in total. The van der Waals surface area contributed by atoms with Crippen LogP contribution in [0.4, 0.5) is 5.13 Å². The normalized spacial score (nSPS) is 9.86.